The van der Waals surface area contributed by atoms with E-state index in [1.807, 2.05) is 12.3 Å². The van der Waals surface area contributed by atoms with Gasteiger partial charge in [0.05, 0.1) is 20.4 Å². The second-order valence-corrected chi connectivity index (χ2v) is 6.97. The lowest BCUT2D eigenvalue weighted by Gasteiger charge is -2.28. The van der Waals surface area contributed by atoms with Crippen LogP contribution < -0.4 is 9.47 Å². The van der Waals surface area contributed by atoms with Gasteiger partial charge in [-0.3, -0.25) is 0 Å². The van der Waals surface area contributed by atoms with Gasteiger partial charge in [-0.25, -0.2) is 4.68 Å². The Morgan fingerprint density at radius 1 is 1.08 bits per heavy atom. The topological polar surface area (TPSA) is 45.5 Å². The van der Waals surface area contributed by atoms with Crippen molar-refractivity contribution in [1.82, 2.24) is 9.78 Å². The maximum Gasteiger partial charge on any atom is 0.150 e. The summed E-state index contributed by atoms with van der Waals surface area (Å²) in [6, 6.07) is 6.20. The Balaban J connectivity index is 1.61. The monoisotopic (exact) mass is 342 g/mol. The number of aryl methyl sites for hydroxylation is 1. The summed E-state index contributed by atoms with van der Waals surface area (Å²) in [5.74, 6) is 2.16. The third-order valence-corrected chi connectivity index (χ3v) is 5.46. The molecule has 5 nitrogen and oxygen atoms in total. The van der Waals surface area contributed by atoms with Gasteiger partial charge in [0.2, 0.25) is 0 Å². The average molecular weight is 342 g/mol. The van der Waals surface area contributed by atoms with Crippen LogP contribution >= 0.6 is 0 Å². The molecule has 1 fully saturated rings. The first-order valence-corrected chi connectivity index (χ1v) is 9.18. The lowest BCUT2D eigenvalue weighted by molar-refractivity contribution is -0.0414. The van der Waals surface area contributed by atoms with Crippen molar-refractivity contribution in [2.75, 3.05) is 20.8 Å². The van der Waals surface area contributed by atoms with Crippen molar-refractivity contribution in [1.29, 1.82) is 0 Å². The molecule has 1 aromatic carbocycles. The Hall–Kier alpha value is -2.01. The van der Waals surface area contributed by atoms with Crippen LogP contribution in [-0.2, 0) is 17.6 Å². The van der Waals surface area contributed by atoms with Crippen molar-refractivity contribution in [2.45, 2.75) is 50.7 Å². The van der Waals surface area contributed by atoms with Gasteiger partial charge in [0, 0.05) is 18.4 Å². The van der Waals surface area contributed by atoms with Gasteiger partial charge in [0.15, 0.2) is 0 Å². The van der Waals surface area contributed by atoms with E-state index in [2.05, 4.69) is 21.9 Å². The SMILES string of the molecule is COc1cc(OC)cc(C2CCc3cnn(C4CCCCO4)c3C2)c1. The molecule has 2 aromatic rings. The first-order chi connectivity index (χ1) is 12.3. The smallest absolute Gasteiger partial charge is 0.150 e. The van der Waals surface area contributed by atoms with Crippen molar-refractivity contribution in [2.24, 2.45) is 0 Å². The molecule has 1 aliphatic carbocycles. The molecule has 2 unspecified atom stereocenters. The van der Waals surface area contributed by atoms with Crippen molar-refractivity contribution < 1.29 is 14.2 Å². The molecule has 1 saturated heterocycles. The molecule has 0 saturated carbocycles. The van der Waals surface area contributed by atoms with E-state index >= 15 is 0 Å². The Kier molecular flexibility index (Phi) is 4.66. The van der Waals surface area contributed by atoms with E-state index < -0.39 is 0 Å². The summed E-state index contributed by atoms with van der Waals surface area (Å²) in [5.41, 5.74) is 3.99. The van der Waals surface area contributed by atoms with E-state index in [0.717, 1.165) is 50.2 Å². The number of fused-ring (bicyclic) bond motifs is 1. The van der Waals surface area contributed by atoms with E-state index in [1.54, 1.807) is 14.2 Å². The van der Waals surface area contributed by atoms with Crippen LogP contribution in [0.5, 0.6) is 11.5 Å². The maximum absolute atomic E-state index is 5.96. The molecule has 25 heavy (non-hydrogen) atoms. The number of methoxy groups -OCH3 is 2. The maximum atomic E-state index is 5.96. The molecular formula is C20H26N2O3. The Morgan fingerprint density at radius 2 is 1.88 bits per heavy atom. The molecule has 1 aliphatic heterocycles. The predicted octanol–water partition coefficient (Wildman–Crippen LogP) is 3.87. The van der Waals surface area contributed by atoms with Gasteiger partial charge < -0.3 is 14.2 Å². The lowest BCUT2D eigenvalue weighted by Crippen LogP contribution is -2.23. The van der Waals surface area contributed by atoms with E-state index in [9.17, 15) is 0 Å². The second-order valence-electron chi connectivity index (χ2n) is 6.97. The summed E-state index contributed by atoms with van der Waals surface area (Å²) in [4.78, 5) is 0. The van der Waals surface area contributed by atoms with Gasteiger partial charge in [-0.2, -0.15) is 5.10 Å². The molecule has 0 bridgehead atoms. The zero-order chi connectivity index (χ0) is 17.2. The largest absolute Gasteiger partial charge is 0.497 e. The Morgan fingerprint density at radius 3 is 2.56 bits per heavy atom. The Labute approximate surface area is 148 Å². The standard InChI is InChI=1S/C20H26N2O3/c1-23-17-9-16(10-18(12-17)24-2)14-6-7-15-13-21-22(19(15)11-14)20-5-3-4-8-25-20/h9-10,12-14,20H,3-8,11H2,1-2H3. The fourth-order valence-electron chi connectivity index (χ4n) is 4.04. The molecule has 2 atom stereocenters. The third kappa shape index (κ3) is 3.25. The molecule has 1 aromatic heterocycles. The molecule has 0 amide bonds. The molecular weight excluding hydrogens is 316 g/mol. The number of aromatic nitrogens is 2. The zero-order valence-corrected chi connectivity index (χ0v) is 15.0. The van der Waals surface area contributed by atoms with Crippen molar-refractivity contribution in [3.05, 3.63) is 41.2 Å². The quantitative estimate of drug-likeness (QED) is 0.846. The predicted molar refractivity (Wildman–Crippen MR) is 95.4 cm³/mol. The highest BCUT2D eigenvalue weighted by Gasteiger charge is 2.28. The highest BCUT2D eigenvalue weighted by Crippen LogP contribution is 2.37. The molecule has 0 N–H and O–H groups in total. The molecule has 5 heteroatoms. The minimum Gasteiger partial charge on any atom is -0.497 e. The average Bonchev–Trinajstić information content (AvgIpc) is 3.11. The van der Waals surface area contributed by atoms with Crippen molar-refractivity contribution >= 4 is 0 Å². The van der Waals surface area contributed by atoms with Gasteiger partial charge in [-0.05, 0) is 67.7 Å². The lowest BCUT2D eigenvalue weighted by atomic mass is 9.83. The molecule has 0 spiro atoms. The van der Waals surface area contributed by atoms with Crippen LogP contribution in [0.3, 0.4) is 0 Å². The highest BCUT2D eigenvalue weighted by molar-refractivity contribution is 5.41. The number of benzene rings is 1. The minimum atomic E-state index is 0.107. The van der Waals surface area contributed by atoms with Crippen molar-refractivity contribution in [3.8, 4) is 11.5 Å². The fraction of sp³-hybridized carbons (Fsp3) is 0.550. The second kappa shape index (κ2) is 7.08. The number of ether oxygens (including phenoxy) is 3. The van der Waals surface area contributed by atoms with Crippen molar-refractivity contribution in [3.63, 3.8) is 0 Å². The van der Waals surface area contributed by atoms with Gasteiger partial charge in [-0.1, -0.05) is 0 Å². The summed E-state index contributed by atoms with van der Waals surface area (Å²) in [5, 5.41) is 4.66. The molecule has 134 valence electrons. The normalized spacial score (nSPS) is 23.1. The van der Waals surface area contributed by atoms with Crippen LogP contribution in [0.2, 0.25) is 0 Å². The van der Waals surface area contributed by atoms with E-state index in [4.69, 9.17) is 14.2 Å². The minimum absolute atomic E-state index is 0.107. The van der Waals surface area contributed by atoms with Crippen LogP contribution in [0.4, 0.5) is 0 Å². The number of hydrogen-bond acceptors (Lipinski definition) is 4. The van der Waals surface area contributed by atoms with Gasteiger partial charge in [-0.15, -0.1) is 0 Å². The summed E-state index contributed by atoms with van der Waals surface area (Å²) < 4.78 is 19.0. The number of nitrogens with zero attached hydrogens (tertiary/aromatic N) is 2. The Bertz CT molecular complexity index is 712. The van der Waals surface area contributed by atoms with Crippen LogP contribution in [0.1, 0.15) is 54.6 Å². The van der Waals surface area contributed by atoms with E-state index in [1.165, 1.54) is 23.2 Å². The van der Waals surface area contributed by atoms with Crippen LogP contribution in [0.15, 0.2) is 24.4 Å². The fourth-order valence-corrected chi connectivity index (χ4v) is 4.04. The van der Waals surface area contributed by atoms with Gasteiger partial charge >= 0.3 is 0 Å². The molecule has 0 radical (unpaired) electrons. The first kappa shape index (κ1) is 16.5. The molecule has 4 rings (SSSR count). The number of hydrogen-bond donors (Lipinski definition) is 0. The van der Waals surface area contributed by atoms with Crippen LogP contribution in [0.25, 0.3) is 0 Å². The zero-order valence-electron chi connectivity index (χ0n) is 15.0. The molecule has 2 aliphatic rings. The first-order valence-electron chi connectivity index (χ1n) is 9.18. The number of rotatable bonds is 4. The van der Waals surface area contributed by atoms with E-state index in [0.29, 0.717) is 5.92 Å². The van der Waals surface area contributed by atoms with E-state index in [-0.39, 0.29) is 6.23 Å². The highest BCUT2D eigenvalue weighted by atomic mass is 16.5. The summed E-state index contributed by atoms with van der Waals surface area (Å²) in [6.07, 6.45) is 8.76. The van der Waals surface area contributed by atoms with Crippen LogP contribution in [-0.4, -0.2) is 30.6 Å². The van der Waals surface area contributed by atoms with Crippen LogP contribution in [0, 0.1) is 0 Å². The summed E-state index contributed by atoms with van der Waals surface area (Å²) >= 11 is 0. The van der Waals surface area contributed by atoms with Gasteiger partial charge in [0.1, 0.15) is 17.7 Å². The van der Waals surface area contributed by atoms with Gasteiger partial charge in [0.25, 0.3) is 0 Å². The molecule has 2 heterocycles. The third-order valence-electron chi connectivity index (χ3n) is 5.46. The summed E-state index contributed by atoms with van der Waals surface area (Å²) in [7, 11) is 3.40. The summed E-state index contributed by atoms with van der Waals surface area (Å²) in [6.45, 7) is 0.843.